The number of nitrogens with two attached hydrogens (primary N) is 1. The molecule has 1 aliphatic rings. The lowest BCUT2D eigenvalue weighted by Gasteiger charge is -2.38. The maximum Gasteiger partial charge on any atom is 0.260 e. The van der Waals surface area contributed by atoms with Gasteiger partial charge in [-0.15, -0.1) is 0 Å². The quantitative estimate of drug-likeness (QED) is 0.237. The summed E-state index contributed by atoms with van der Waals surface area (Å²) in [6.45, 7) is 12.2. The second-order valence-corrected chi connectivity index (χ2v) is 11.0. The fraction of sp³-hybridized carbons (Fsp3) is 0.323. The van der Waals surface area contributed by atoms with Gasteiger partial charge < -0.3 is 16.0 Å². The van der Waals surface area contributed by atoms with E-state index in [-0.39, 0.29) is 11.4 Å². The first-order valence-electron chi connectivity index (χ1n) is 14.1. The second-order valence-electron chi connectivity index (χ2n) is 10.6. The largest absolute Gasteiger partial charge is 0.383 e. The molecule has 0 atom stereocenters. The lowest BCUT2D eigenvalue weighted by atomic mass is 10.0. The number of amides is 1. The average molecular weight is 587 g/mol. The van der Waals surface area contributed by atoms with Crippen LogP contribution in [0.1, 0.15) is 33.3 Å². The molecule has 3 heterocycles. The lowest BCUT2D eigenvalue weighted by molar-refractivity contribution is -0.115. The first kappa shape index (κ1) is 29.2. The summed E-state index contributed by atoms with van der Waals surface area (Å²) in [5.41, 5.74) is 9.71. The number of benzene rings is 2. The van der Waals surface area contributed by atoms with Crippen LogP contribution in [-0.2, 0) is 11.3 Å². The highest BCUT2D eigenvalue weighted by Crippen LogP contribution is 2.29. The highest BCUT2D eigenvalue weighted by Gasteiger charge is 2.19. The average Bonchev–Trinajstić information content (AvgIpc) is 2.97. The van der Waals surface area contributed by atoms with Crippen molar-refractivity contribution in [2.24, 2.45) is 10.7 Å². The number of hydrogen-bond donors (Lipinski definition) is 2. The first-order chi connectivity index (χ1) is 20.1. The minimum absolute atomic E-state index is 0.0629. The summed E-state index contributed by atoms with van der Waals surface area (Å²) in [7, 11) is 0. The van der Waals surface area contributed by atoms with Gasteiger partial charge in [-0.3, -0.25) is 19.1 Å². The van der Waals surface area contributed by atoms with Crippen LogP contribution >= 0.6 is 11.6 Å². The van der Waals surface area contributed by atoms with Crippen LogP contribution in [0.15, 0.2) is 64.5 Å². The molecule has 0 spiro atoms. The summed E-state index contributed by atoms with van der Waals surface area (Å²) in [6, 6.07) is 15.6. The molecule has 4 aromatic rings. The van der Waals surface area contributed by atoms with Gasteiger partial charge in [0.25, 0.3) is 5.56 Å². The fourth-order valence-corrected chi connectivity index (χ4v) is 5.50. The number of aromatic nitrogens is 3. The molecule has 2 aromatic heterocycles. The molecule has 1 fully saturated rings. The third kappa shape index (κ3) is 6.14. The van der Waals surface area contributed by atoms with Crippen LogP contribution in [-0.4, -0.2) is 63.4 Å². The molecule has 10 nitrogen and oxygen atoms in total. The van der Waals surface area contributed by atoms with Gasteiger partial charge in [-0.25, -0.2) is 4.98 Å². The van der Waals surface area contributed by atoms with Crippen LogP contribution in [0.2, 0.25) is 5.02 Å². The summed E-state index contributed by atoms with van der Waals surface area (Å²) in [6.07, 6.45) is 1.70. The standard InChI is InChI=1S/C31H35ClN8O2/c1-5-40-29-22(16-26(30(40)42)25-11-6-21(17-27(25)32)28(33)35-20(4)41)18-34-31(37-29)36-23-7-9-24(10-8-23)39-14-12-38(13-15-39)19(2)3/h6-11,16-19H,5,12-15H2,1-4H3,(H2,33,35,41)(H,34,36,37). The number of hydrogen-bond acceptors (Lipinski definition) is 7. The number of nitrogens with one attached hydrogen (secondary N) is 1. The molecule has 1 amide bonds. The Kier molecular flexibility index (Phi) is 8.56. The third-order valence-electron chi connectivity index (χ3n) is 7.51. The molecule has 218 valence electrons. The molecule has 1 aliphatic heterocycles. The van der Waals surface area contributed by atoms with E-state index in [1.54, 1.807) is 35.0 Å². The maximum atomic E-state index is 13.6. The molecule has 0 unspecified atom stereocenters. The highest BCUT2D eigenvalue weighted by atomic mass is 35.5. The number of anilines is 3. The number of piperazine rings is 1. The summed E-state index contributed by atoms with van der Waals surface area (Å²) in [5.74, 6) is 0.0560. The van der Waals surface area contributed by atoms with Crippen LogP contribution in [0.3, 0.4) is 0 Å². The van der Waals surface area contributed by atoms with Crippen molar-refractivity contribution in [2.45, 2.75) is 40.3 Å². The highest BCUT2D eigenvalue weighted by molar-refractivity contribution is 6.33. The topological polar surface area (TPSA) is 122 Å². The van der Waals surface area contributed by atoms with Gasteiger partial charge in [0.2, 0.25) is 11.9 Å². The molecule has 11 heteroatoms. The van der Waals surface area contributed by atoms with Gasteiger partial charge in [0, 0.05) is 90.4 Å². The first-order valence-corrected chi connectivity index (χ1v) is 14.4. The van der Waals surface area contributed by atoms with Crippen molar-refractivity contribution in [1.82, 2.24) is 19.4 Å². The molecule has 5 rings (SSSR count). The normalized spacial score (nSPS) is 14.5. The third-order valence-corrected chi connectivity index (χ3v) is 7.82. The van der Waals surface area contributed by atoms with Crippen molar-refractivity contribution in [2.75, 3.05) is 36.4 Å². The number of amidine groups is 1. The van der Waals surface area contributed by atoms with E-state index < -0.39 is 5.91 Å². The van der Waals surface area contributed by atoms with E-state index in [2.05, 4.69) is 56.1 Å². The van der Waals surface area contributed by atoms with Gasteiger partial charge in [-0.2, -0.15) is 9.98 Å². The number of carbonyl (C=O) groups is 1. The van der Waals surface area contributed by atoms with Crippen LogP contribution in [0.25, 0.3) is 22.2 Å². The van der Waals surface area contributed by atoms with Crippen LogP contribution in [0, 0.1) is 0 Å². The van der Waals surface area contributed by atoms with Gasteiger partial charge in [-0.05, 0) is 57.2 Å². The summed E-state index contributed by atoms with van der Waals surface area (Å²) in [4.78, 5) is 42.7. The Labute approximate surface area is 249 Å². The molecule has 42 heavy (non-hydrogen) atoms. The number of halogens is 1. The van der Waals surface area contributed by atoms with Crippen LogP contribution in [0.5, 0.6) is 0 Å². The number of aryl methyl sites for hydroxylation is 1. The predicted octanol–water partition coefficient (Wildman–Crippen LogP) is 4.66. The van der Waals surface area contributed by atoms with Crippen molar-refractivity contribution in [3.63, 3.8) is 0 Å². The minimum Gasteiger partial charge on any atom is -0.383 e. The molecule has 3 N–H and O–H groups in total. The lowest BCUT2D eigenvalue weighted by Crippen LogP contribution is -2.48. The number of pyridine rings is 1. The predicted molar refractivity (Wildman–Crippen MR) is 170 cm³/mol. The van der Waals surface area contributed by atoms with Crippen molar-refractivity contribution >= 4 is 51.7 Å². The van der Waals surface area contributed by atoms with E-state index in [0.29, 0.717) is 51.3 Å². The van der Waals surface area contributed by atoms with Crippen molar-refractivity contribution in [3.8, 4) is 11.1 Å². The maximum absolute atomic E-state index is 13.6. The number of aliphatic imine (C=N–C) groups is 1. The van der Waals surface area contributed by atoms with E-state index in [1.807, 2.05) is 19.1 Å². The minimum atomic E-state index is -0.408. The Bertz CT molecular complexity index is 1710. The number of nitrogens with zero attached hydrogens (tertiary/aromatic N) is 6. The Balaban J connectivity index is 1.39. The van der Waals surface area contributed by atoms with Gasteiger partial charge >= 0.3 is 0 Å². The zero-order chi connectivity index (χ0) is 30.0. The van der Waals surface area contributed by atoms with Gasteiger partial charge in [0.05, 0.1) is 0 Å². The molecule has 1 saturated heterocycles. The molecule has 0 aliphatic carbocycles. The Morgan fingerprint density at radius 3 is 2.40 bits per heavy atom. The molecular formula is C31H35ClN8O2. The second kappa shape index (κ2) is 12.3. The Morgan fingerprint density at radius 1 is 1.07 bits per heavy atom. The van der Waals surface area contributed by atoms with Crippen LogP contribution < -0.4 is 21.5 Å². The van der Waals surface area contributed by atoms with Crippen LogP contribution in [0.4, 0.5) is 17.3 Å². The Hall–Kier alpha value is -4.28. The Morgan fingerprint density at radius 2 is 1.79 bits per heavy atom. The van der Waals surface area contributed by atoms with Gasteiger partial charge in [0.1, 0.15) is 11.5 Å². The SMILES string of the molecule is CCn1c(=O)c(-c2ccc(C(N)=NC(C)=O)cc2Cl)cc2cnc(Nc3ccc(N4CCN(C(C)C)CC4)cc3)nc21. The molecule has 0 bridgehead atoms. The zero-order valence-electron chi connectivity index (χ0n) is 24.3. The van der Waals surface area contributed by atoms with Gasteiger partial charge in [0.15, 0.2) is 0 Å². The molecule has 2 aromatic carbocycles. The summed E-state index contributed by atoms with van der Waals surface area (Å²) < 4.78 is 1.60. The number of carbonyl (C=O) groups excluding carboxylic acids is 1. The fourth-order valence-electron chi connectivity index (χ4n) is 5.21. The number of rotatable bonds is 7. The van der Waals surface area contributed by atoms with E-state index >= 15 is 0 Å². The number of fused-ring (bicyclic) bond motifs is 1. The summed E-state index contributed by atoms with van der Waals surface area (Å²) >= 11 is 6.57. The molecule has 0 radical (unpaired) electrons. The van der Waals surface area contributed by atoms with E-state index in [0.717, 1.165) is 31.9 Å². The van der Waals surface area contributed by atoms with Crippen molar-refractivity contribution in [3.05, 3.63) is 75.7 Å². The molecular weight excluding hydrogens is 552 g/mol. The van der Waals surface area contributed by atoms with Crippen molar-refractivity contribution < 1.29 is 4.79 Å². The summed E-state index contributed by atoms with van der Waals surface area (Å²) in [5, 5.41) is 4.29. The zero-order valence-corrected chi connectivity index (χ0v) is 25.0. The van der Waals surface area contributed by atoms with Gasteiger partial charge in [-0.1, -0.05) is 23.7 Å². The van der Waals surface area contributed by atoms with E-state index in [9.17, 15) is 9.59 Å². The van der Waals surface area contributed by atoms with E-state index in [4.69, 9.17) is 17.3 Å². The monoisotopic (exact) mass is 586 g/mol. The smallest absolute Gasteiger partial charge is 0.260 e. The molecule has 0 saturated carbocycles. The van der Waals surface area contributed by atoms with E-state index in [1.165, 1.54) is 12.6 Å². The van der Waals surface area contributed by atoms with Crippen molar-refractivity contribution in [1.29, 1.82) is 0 Å².